The highest BCUT2D eigenvalue weighted by atomic mass is 16.2. The van der Waals surface area contributed by atoms with Crippen molar-refractivity contribution in [3.05, 3.63) is 0 Å². The van der Waals surface area contributed by atoms with E-state index in [0.717, 1.165) is 25.9 Å². The first-order valence-corrected chi connectivity index (χ1v) is 5.83. The van der Waals surface area contributed by atoms with Crippen LogP contribution < -0.4 is 5.32 Å². The van der Waals surface area contributed by atoms with Crippen LogP contribution in [0.2, 0.25) is 0 Å². The Morgan fingerprint density at radius 2 is 2.13 bits per heavy atom. The Bertz CT molecular complexity index is 193. The lowest BCUT2D eigenvalue weighted by Crippen LogP contribution is -2.32. The number of carbonyl (C=O) groups excluding carboxylic acids is 1. The zero-order chi connectivity index (χ0) is 11.1. The van der Waals surface area contributed by atoms with Crippen LogP contribution in [0.3, 0.4) is 0 Å². The minimum atomic E-state index is 0.114. The Labute approximate surface area is 91.6 Å². The van der Waals surface area contributed by atoms with E-state index in [-0.39, 0.29) is 12.5 Å². The molecule has 1 aliphatic rings. The molecule has 15 heavy (non-hydrogen) atoms. The van der Waals surface area contributed by atoms with Crippen LogP contribution in [0.4, 0.5) is 0 Å². The number of hydrogen-bond donors (Lipinski definition) is 2. The van der Waals surface area contributed by atoms with Gasteiger partial charge in [0.2, 0.25) is 5.91 Å². The normalized spacial score (nSPS) is 15.7. The van der Waals surface area contributed by atoms with Gasteiger partial charge in [-0.05, 0) is 32.2 Å². The van der Waals surface area contributed by atoms with Gasteiger partial charge in [0.15, 0.2) is 0 Å². The molecule has 0 unspecified atom stereocenters. The fourth-order valence-corrected chi connectivity index (χ4v) is 1.71. The molecule has 0 radical (unpaired) electrons. The van der Waals surface area contributed by atoms with Crippen molar-refractivity contribution in [3.8, 4) is 0 Å². The lowest BCUT2D eigenvalue weighted by Gasteiger charge is -2.21. The van der Waals surface area contributed by atoms with Crippen molar-refractivity contribution >= 4 is 5.91 Å². The van der Waals surface area contributed by atoms with Crippen LogP contribution in [0.25, 0.3) is 0 Å². The van der Waals surface area contributed by atoms with Crippen molar-refractivity contribution in [2.45, 2.75) is 38.1 Å². The number of hydrogen-bond acceptors (Lipinski definition) is 3. The van der Waals surface area contributed by atoms with E-state index in [1.54, 1.807) is 7.05 Å². The summed E-state index contributed by atoms with van der Waals surface area (Å²) in [6.45, 7) is 2.14. The summed E-state index contributed by atoms with van der Waals surface area (Å²) in [5.41, 5.74) is 0. The third-order valence-corrected chi connectivity index (χ3v) is 2.82. The third kappa shape index (κ3) is 5.14. The van der Waals surface area contributed by atoms with Gasteiger partial charge < -0.3 is 10.4 Å². The van der Waals surface area contributed by atoms with E-state index >= 15 is 0 Å². The van der Waals surface area contributed by atoms with E-state index in [0.29, 0.717) is 12.5 Å². The predicted octanol–water partition coefficient (Wildman–Crippen LogP) is 0.359. The first-order chi connectivity index (χ1) is 7.27. The Balaban J connectivity index is 2.15. The second kappa shape index (κ2) is 6.80. The summed E-state index contributed by atoms with van der Waals surface area (Å²) in [5.74, 6) is 0.114. The summed E-state index contributed by atoms with van der Waals surface area (Å²) >= 11 is 0. The van der Waals surface area contributed by atoms with Crippen molar-refractivity contribution in [2.75, 3.05) is 26.7 Å². The number of aliphatic hydroxyl groups is 1. The highest BCUT2D eigenvalue weighted by Crippen LogP contribution is 2.27. The van der Waals surface area contributed by atoms with Crippen LogP contribution in [-0.4, -0.2) is 48.7 Å². The molecule has 4 heteroatoms. The second-order valence-corrected chi connectivity index (χ2v) is 4.12. The molecule has 0 saturated heterocycles. The van der Waals surface area contributed by atoms with Gasteiger partial charge in [-0.3, -0.25) is 9.69 Å². The Morgan fingerprint density at radius 1 is 1.40 bits per heavy atom. The van der Waals surface area contributed by atoms with Gasteiger partial charge in [0.25, 0.3) is 0 Å². The summed E-state index contributed by atoms with van der Waals surface area (Å²) < 4.78 is 0. The second-order valence-electron chi connectivity index (χ2n) is 4.12. The number of aliphatic hydroxyl groups excluding tert-OH is 1. The molecule has 0 aromatic carbocycles. The Morgan fingerprint density at radius 3 is 2.67 bits per heavy atom. The van der Waals surface area contributed by atoms with Gasteiger partial charge in [0.1, 0.15) is 0 Å². The van der Waals surface area contributed by atoms with Crippen molar-refractivity contribution in [1.82, 2.24) is 10.2 Å². The summed E-state index contributed by atoms with van der Waals surface area (Å²) in [6.07, 6.45) is 5.02. The molecule has 1 rings (SSSR count). The van der Waals surface area contributed by atoms with E-state index in [4.69, 9.17) is 5.11 Å². The first kappa shape index (κ1) is 12.5. The maximum atomic E-state index is 11.1. The first-order valence-electron chi connectivity index (χ1n) is 5.83. The van der Waals surface area contributed by atoms with E-state index < -0.39 is 0 Å². The van der Waals surface area contributed by atoms with Crippen molar-refractivity contribution < 1.29 is 9.90 Å². The van der Waals surface area contributed by atoms with Crippen molar-refractivity contribution in [3.63, 3.8) is 0 Å². The fraction of sp³-hybridized carbons (Fsp3) is 0.909. The van der Waals surface area contributed by atoms with E-state index in [1.807, 2.05) is 0 Å². The maximum absolute atomic E-state index is 11.1. The van der Waals surface area contributed by atoms with Crippen LogP contribution in [0.5, 0.6) is 0 Å². The van der Waals surface area contributed by atoms with Crippen LogP contribution in [0.1, 0.15) is 32.1 Å². The third-order valence-electron chi connectivity index (χ3n) is 2.82. The quantitative estimate of drug-likeness (QED) is 0.574. The highest BCUT2D eigenvalue weighted by Gasteiger charge is 2.28. The summed E-state index contributed by atoms with van der Waals surface area (Å²) in [5, 5.41) is 11.3. The Kier molecular flexibility index (Phi) is 5.65. The monoisotopic (exact) mass is 214 g/mol. The van der Waals surface area contributed by atoms with Gasteiger partial charge in [0.05, 0.1) is 0 Å². The number of nitrogens with zero attached hydrogens (tertiary/aromatic N) is 1. The molecule has 1 aliphatic carbocycles. The van der Waals surface area contributed by atoms with Gasteiger partial charge in [-0.1, -0.05) is 0 Å². The van der Waals surface area contributed by atoms with E-state index in [2.05, 4.69) is 10.2 Å². The molecule has 4 nitrogen and oxygen atoms in total. The fourth-order valence-electron chi connectivity index (χ4n) is 1.71. The lowest BCUT2D eigenvalue weighted by molar-refractivity contribution is -0.120. The molecule has 0 atom stereocenters. The molecule has 88 valence electrons. The topological polar surface area (TPSA) is 52.6 Å². The summed E-state index contributed by atoms with van der Waals surface area (Å²) in [4.78, 5) is 13.5. The van der Waals surface area contributed by atoms with Gasteiger partial charge in [0, 0.05) is 32.7 Å². The van der Waals surface area contributed by atoms with Gasteiger partial charge >= 0.3 is 0 Å². The van der Waals surface area contributed by atoms with Crippen LogP contribution in [-0.2, 0) is 4.79 Å². The number of amides is 1. The van der Waals surface area contributed by atoms with Gasteiger partial charge in [-0.2, -0.15) is 0 Å². The molecule has 1 saturated carbocycles. The van der Waals surface area contributed by atoms with Gasteiger partial charge in [-0.15, -0.1) is 0 Å². The predicted molar refractivity (Wildman–Crippen MR) is 59.6 cm³/mol. The molecular formula is C11H22N2O2. The maximum Gasteiger partial charge on any atom is 0.221 e. The van der Waals surface area contributed by atoms with Crippen molar-refractivity contribution in [2.24, 2.45) is 0 Å². The molecule has 0 heterocycles. The zero-order valence-corrected chi connectivity index (χ0v) is 9.54. The molecule has 2 N–H and O–H groups in total. The van der Waals surface area contributed by atoms with E-state index in [1.165, 1.54) is 12.8 Å². The molecule has 0 aliphatic heterocycles. The SMILES string of the molecule is CNC(=O)CCN(CCCCO)C1CC1. The van der Waals surface area contributed by atoms with Gasteiger partial charge in [-0.25, -0.2) is 0 Å². The molecule has 1 amide bonds. The van der Waals surface area contributed by atoms with E-state index in [9.17, 15) is 4.79 Å². The summed E-state index contributed by atoms with van der Waals surface area (Å²) in [7, 11) is 1.68. The smallest absolute Gasteiger partial charge is 0.221 e. The van der Waals surface area contributed by atoms with Crippen molar-refractivity contribution in [1.29, 1.82) is 0 Å². The van der Waals surface area contributed by atoms with Crippen LogP contribution in [0, 0.1) is 0 Å². The van der Waals surface area contributed by atoms with Crippen LogP contribution in [0.15, 0.2) is 0 Å². The molecule has 0 bridgehead atoms. The largest absolute Gasteiger partial charge is 0.396 e. The molecule has 0 aromatic rings. The molecule has 0 spiro atoms. The number of rotatable bonds is 8. The lowest BCUT2D eigenvalue weighted by atomic mass is 10.2. The number of nitrogens with one attached hydrogen (secondary N) is 1. The summed E-state index contributed by atoms with van der Waals surface area (Å²) in [6, 6.07) is 0.702. The number of unbranched alkanes of at least 4 members (excludes halogenated alkanes) is 1. The average Bonchev–Trinajstić information content (AvgIpc) is 3.06. The highest BCUT2D eigenvalue weighted by molar-refractivity contribution is 5.75. The minimum Gasteiger partial charge on any atom is -0.396 e. The van der Waals surface area contributed by atoms with Crippen LogP contribution >= 0.6 is 0 Å². The standard InChI is InChI=1S/C11H22N2O2/c1-12-11(15)6-8-13(10-4-5-10)7-2-3-9-14/h10,14H,2-9H2,1H3,(H,12,15). The number of carbonyl (C=O) groups is 1. The zero-order valence-electron chi connectivity index (χ0n) is 9.54. The average molecular weight is 214 g/mol. The molecular weight excluding hydrogens is 192 g/mol. The minimum absolute atomic E-state index is 0.114. The molecule has 0 aromatic heterocycles. The Hall–Kier alpha value is -0.610. The molecule has 1 fully saturated rings.